The molecule has 0 unspecified atom stereocenters. The van der Waals surface area contributed by atoms with Gasteiger partial charge in [-0.3, -0.25) is 43.2 Å². The molecular formula is C39H64N6O11. The van der Waals surface area contributed by atoms with Crippen molar-refractivity contribution in [3.05, 3.63) is 12.2 Å². The fourth-order valence-corrected chi connectivity index (χ4v) is 6.55. The Hall–Kier alpha value is -4.83. The lowest BCUT2D eigenvalue weighted by Crippen LogP contribution is -2.61. The van der Waals surface area contributed by atoms with Crippen LogP contribution in [0.1, 0.15) is 126 Å². The largest absolute Gasteiger partial charge is 0.481 e. The number of hydrogen-bond acceptors (Lipinski definition) is 9. The number of rotatable bonds is 25. The molecule has 1 rings (SSSR count). The van der Waals surface area contributed by atoms with Gasteiger partial charge in [0.2, 0.25) is 35.4 Å². The number of amides is 6. The topological polar surface area (TPSA) is 266 Å². The minimum Gasteiger partial charge on any atom is -0.481 e. The molecule has 0 aromatic heterocycles. The number of carbonyl (C=O) groups is 9. The lowest BCUT2D eigenvalue weighted by atomic mass is 9.84. The SMILES string of the molecule is C/C=C\C(=O)[C@H](CC)NC(=O)[C@H](CC1CCCCC1)NC(=O)[C@@H](NC(=O)[C@H](CC(C)C)NC(=O)[C@@H](CCC(=O)O)NC(=O)[C@H](CC(=O)O)NC(C)=O)[C@@H](C)CC. The van der Waals surface area contributed by atoms with Crippen molar-refractivity contribution in [2.24, 2.45) is 17.8 Å². The predicted octanol–water partition coefficient (Wildman–Crippen LogP) is 1.87. The summed E-state index contributed by atoms with van der Waals surface area (Å²) >= 11 is 0. The second-order valence-electron chi connectivity index (χ2n) is 15.1. The number of aliphatic carboxylic acids is 2. The quantitative estimate of drug-likeness (QED) is 0.0619. The van der Waals surface area contributed by atoms with Gasteiger partial charge in [-0.15, -0.1) is 0 Å². The average Bonchev–Trinajstić information content (AvgIpc) is 3.12. The van der Waals surface area contributed by atoms with Gasteiger partial charge in [0.05, 0.1) is 12.5 Å². The molecule has 1 saturated carbocycles. The Morgan fingerprint density at radius 3 is 1.70 bits per heavy atom. The number of ketones is 1. The van der Waals surface area contributed by atoms with E-state index in [0.717, 1.165) is 39.0 Å². The maximum Gasteiger partial charge on any atom is 0.305 e. The second kappa shape index (κ2) is 25.4. The monoisotopic (exact) mass is 792 g/mol. The van der Waals surface area contributed by atoms with Crippen molar-refractivity contribution in [3.63, 3.8) is 0 Å². The van der Waals surface area contributed by atoms with Gasteiger partial charge in [0.15, 0.2) is 5.78 Å². The molecule has 8 N–H and O–H groups in total. The predicted molar refractivity (Wildman–Crippen MR) is 207 cm³/mol. The minimum absolute atomic E-state index is 0.0743. The summed E-state index contributed by atoms with van der Waals surface area (Å²) in [4.78, 5) is 115. The smallest absolute Gasteiger partial charge is 0.305 e. The zero-order valence-electron chi connectivity index (χ0n) is 33.9. The zero-order valence-corrected chi connectivity index (χ0v) is 33.9. The highest BCUT2D eigenvalue weighted by Gasteiger charge is 2.36. The number of allylic oxidation sites excluding steroid dienone is 1. The summed E-state index contributed by atoms with van der Waals surface area (Å²) in [5.74, 6) is -7.98. The molecule has 0 saturated heterocycles. The Morgan fingerprint density at radius 1 is 0.643 bits per heavy atom. The van der Waals surface area contributed by atoms with Crippen LogP contribution in [0.3, 0.4) is 0 Å². The van der Waals surface area contributed by atoms with Crippen LogP contribution < -0.4 is 31.9 Å². The van der Waals surface area contributed by atoms with E-state index in [9.17, 15) is 53.4 Å². The first-order chi connectivity index (χ1) is 26.3. The molecule has 7 atom stereocenters. The first kappa shape index (κ1) is 49.2. The Balaban J connectivity index is 3.38. The van der Waals surface area contributed by atoms with Crippen molar-refractivity contribution in [2.75, 3.05) is 0 Å². The molecule has 56 heavy (non-hydrogen) atoms. The van der Waals surface area contributed by atoms with Gasteiger partial charge < -0.3 is 42.1 Å². The molecule has 0 radical (unpaired) electrons. The molecular weight excluding hydrogens is 728 g/mol. The molecule has 6 amide bonds. The summed E-state index contributed by atoms with van der Waals surface area (Å²) in [5.41, 5.74) is 0. The maximum atomic E-state index is 14.0. The van der Waals surface area contributed by atoms with Crippen LogP contribution in [-0.4, -0.2) is 99.6 Å². The average molecular weight is 793 g/mol. The number of hydrogen-bond donors (Lipinski definition) is 8. The Morgan fingerprint density at radius 2 is 1.18 bits per heavy atom. The third kappa shape index (κ3) is 18.2. The zero-order chi connectivity index (χ0) is 42.5. The van der Waals surface area contributed by atoms with E-state index in [2.05, 4.69) is 31.9 Å². The molecule has 17 heteroatoms. The van der Waals surface area contributed by atoms with Crippen LogP contribution in [0.2, 0.25) is 0 Å². The second-order valence-corrected chi connectivity index (χ2v) is 15.1. The van der Waals surface area contributed by atoms with E-state index < -0.39 is 109 Å². The van der Waals surface area contributed by atoms with Crippen LogP contribution >= 0.6 is 0 Å². The summed E-state index contributed by atoms with van der Waals surface area (Å²) in [7, 11) is 0. The Kier molecular flexibility index (Phi) is 22.3. The van der Waals surface area contributed by atoms with Crippen molar-refractivity contribution in [2.45, 2.75) is 162 Å². The lowest BCUT2D eigenvalue weighted by Gasteiger charge is -2.31. The summed E-state index contributed by atoms with van der Waals surface area (Å²) in [6.45, 7) is 11.7. The van der Waals surface area contributed by atoms with Crippen molar-refractivity contribution >= 4 is 53.2 Å². The minimum atomic E-state index is -1.57. The molecule has 0 aromatic carbocycles. The third-order valence-electron chi connectivity index (χ3n) is 9.81. The number of nitrogens with one attached hydrogen (secondary N) is 6. The molecule has 0 aromatic rings. The van der Waals surface area contributed by atoms with E-state index in [0.29, 0.717) is 19.3 Å². The van der Waals surface area contributed by atoms with Crippen LogP contribution in [-0.2, 0) is 43.2 Å². The molecule has 17 nitrogen and oxygen atoms in total. The van der Waals surface area contributed by atoms with E-state index >= 15 is 0 Å². The highest BCUT2D eigenvalue weighted by atomic mass is 16.4. The maximum absolute atomic E-state index is 14.0. The van der Waals surface area contributed by atoms with Crippen LogP contribution in [0.25, 0.3) is 0 Å². The van der Waals surface area contributed by atoms with Crippen molar-refractivity contribution in [1.82, 2.24) is 31.9 Å². The molecule has 1 aliphatic carbocycles. The van der Waals surface area contributed by atoms with E-state index in [1.807, 2.05) is 6.92 Å². The first-order valence-corrected chi connectivity index (χ1v) is 19.7. The number of carbonyl (C=O) groups excluding carboxylic acids is 7. The van der Waals surface area contributed by atoms with E-state index in [1.165, 1.54) is 6.08 Å². The van der Waals surface area contributed by atoms with Crippen molar-refractivity contribution < 1.29 is 53.4 Å². The van der Waals surface area contributed by atoms with E-state index in [4.69, 9.17) is 0 Å². The summed E-state index contributed by atoms with van der Waals surface area (Å²) in [6.07, 6.45) is 7.22. The molecule has 0 aliphatic heterocycles. The summed E-state index contributed by atoms with van der Waals surface area (Å²) < 4.78 is 0. The van der Waals surface area contributed by atoms with Crippen LogP contribution in [0.4, 0.5) is 0 Å². The molecule has 0 spiro atoms. The highest BCUT2D eigenvalue weighted by Crippen LogP contribution is 2.27. The molecule has 316 valence electrons. The van der Waals surface area contributed by atoms with Crippen molar-refractivity contribution in [3.8, 4) is 0 Å². The fourth-order valence-electron chi connectivity index (χ4n) is 6.55. The van der Waals surface area contributed by atoms with Gasteiger partial charge in [-0.1, -0.05) is 79.2 Å². The molecule has 1 aliphatic rings. The molecule has 0 bridgehead atoms. The van der Waals surface area contributed by atoms with Gasteiger partial charge in [-0.25, -0.2) is 0 Å². The van der Waals surface area contributed by atoms with E-state index in [1.54, 1.807) is 40.7 Å². The van der Waals surface area contributed by atoms with Gasteiger partial charge in [-0.2, -0.15) is 0 Å². The molecule has 0 heterocycles. The molecule has 1 fully saturated rings. The number of carboxylic acid groups (broad SMARTS) is 2. The van der Waals surface area contributed by atoms with Crippen LogP contribution in [0.15, 0.2) is 12.2 Å². The standard InChI is InChI=1S/C39H64N6O11/c1-8-14-31(47)26(10-3)41-36(53)29(20-25-15-12-11-13-16-25)44-39(56)34(23(6)9-2)45-38(55)28(19-22(4)5)43-35(52)27(17-18-32(48)49)42-37(54)30(21-33(50)51)40-24(7)46/h8,14,22-23,25-30,34H,9-13,15-21H2,1-7H3,(H,40,46)(H,41,53)(H,42,54)(H,43,52)(H,44,56)(H,45,55)(H,48,49)(H,50,51)/b14-8-/t23-,26-,27+,28-,29-,30-,34-/m0/s1. The van der Waals surface area contributed by atoms with Crippen LogP contribution in [0, 0.1) is 17.8 Å². The van der Waals surface area contributed by atoms with Gasteiger partial charge >= 0.3 is 11.9 Å². The van der Waals surface area contributed by atoms with Gasteiger partial charge in [-0.05, 0) is 56.4 Å². The van der Waals surface area contributed by atoms with Gasteiger partial charge in [0.25, 0.3) is 0 Å². The van der Waals surface area contributed by atoms with E-state index in [-0.39, 0.29) is 24.0 Å². The van der Waals surface area contributed by atoms with Gasteiger partial charge in [0, 0.05) is 13.3 Å². The number of carboxylic acids is 2. The van der Waals surface area contributed by atoms with Crippen LogP contribution in [0.5, 0.6) is 0 Å². The summed E-state index contributed by atoms with van der Waals surface area (Å²) in [5, 5.41) is 34.0. The first-order valence-electron chi connectivity index (χ1n) is 19.7. The Labute approximate surface area is 329 Å². The highest BCUT2D eigenvalue weighted by molar-refractivity contribution is 5.99. The van der Waals surface area contributed by atoms with Crippen molar-refractivity contribution in [1.29, 1.82) is 0 Å². The normalized spacial score (nSPS) is 16.9. The third-order valence-corrected chi connectivity index (χ3v) is 9.81. The lowest BCUT2D eigenvalue weighted by molar-refractivity contribution is -0.141. The Bertz CT molecular complexity index is 1400. The fraction of sp³-hybridized carbons (Fsp3) is 0.718. The van der Waals surface area contributed by atoms with Gasteiger partial charge in [0.1, 0.15) is 30.2 Å². The summed E-state index contributed by atoms with van der Waals surface area (Å²) in [6, 6.07) is -7.29.